The van der Waals surface area contributed by atoms with Crippen molar-refractivity contribution in [3.05, 3.63) is 60.9 Å². The van der Waals surface area contributed by atoms with Crippen molar-refractivity contribution >= 4 is 34.3 Å². The molecule has 0 aliphatic heterocycles. The summed E-state index contributed by atoms with van der Waals surface area (Å²) in [6.07, 6.45) is 10.2. The van der Waals surface area contributed by atoms with Crippen molar-refractivity contribution in [2.45, 2.75) is 20.0 Å². The number of ether oxygens (including phenoxy) is 1. The van der Waals surface area contributed by atoms with Crippen LogP contribution in [-0.2, 0) is 7.05 Å². The van der Waals surface area contributed by atoms with Crippen LogP contribution < -0.4 is 15.4 Å². The number of aryl methyl sites for hydroxylation is 1. The number of anilines is 2. The maximum Gasteiger partial charge on any atom is 0.227 e. The first kappa shape index (κ1) is 21.9. The average Bonchev–Trinajstić information content (AvgIpc) is 3.24. The zero-order chi connectivity index (χ0) is 23.4. The van der Waals surface area contributed by atoms with Crippen LogP contribution in [0.2, 0.25) is 0 Å². The number of fused-ring (bicyclic) bond motifs is 1. The van der Waals surface area contributed by atoms with Crippen LogP contribution in [-0.4, -0.2) is 44.1 Å². The van der Waals surface area contributed by atoms with Crippen molar-refractivity contribution in [2.24, 2.45) is 7.05 Å². The fourth-order valence-electron chi connectivity index (χ4n) is 3.41. The Kier molecular flexibility index (Phi) is 6.30. The molecular weight excluding hydrogens is 416 g/mol. The van der Waals surface area contributed by atoms with Crippen LogP contribution in [0.3, 0.4) is 0 Å². The molecule has 0 fully saturated rings. The van der Waals surface area contributed by atoms with Gasteiger partial charge in [0.2, 0.25) is 5.95 Å². The highest BCUT2D eigenvalue weighted by atomic mass is 16.5. The standard InChI is InChI=1S/C24H26N8O/c1-15(2)33-21-9-16(19-13-29-32(4)14-19)5-6-20(21)30-24-28-12-17-7-8-27-22(23(17)31-24)18(10-25)11-26-3/h5-15,25-26H,1-4H3,(H,28,30,31)/b18-11+,25-10?. The van der Waals surface area contributed by atoms with E-state index in [4.69, 9.17) is 15.1 Å². The second-order valence-corrected chi connectivity index (χ2v) is 7.73. The molecular formula is C24H26N8O. The molecule has 0 aliphatic rings. The summed E-state index contributed by atoms with van der Waals surface area (Å²) in [5.41, 5.74) is 4.64. The molecule has 33 heavy (non-hydrogen) atoms. The third-order valence-corrected chi connectivity index (χ3v) is 4.86. The van der Waals surface area contributed by atoms with E-state index >= 15 is 0 Å². The number of hydrogen-bond donors (Lipinski definition) is 3. The number of nitrogens with zero attached hydrogens (tertiary/aromatic N) is 5. The zero-order valence-corrected chi connectivity index (χ0v) is 19.0. The van der Waals surface area contributed by atoms with Crippen LogP contribution in [0.15, 0.2) is 55.3 Å². The topological polar surface area (TPSA) is 114 Å². The number of nitrogens with one attached hydrogen (secondary N) is 3. The van der Waals surface area contributed by atoms with Gasteiger partial charge in [0, 0.05) is 61.6 Å². The molecule has 0 radical (unpaired) electrons. The van der Waals surface area contributed by atoms with Crippen LogP contribution in [0.5, 0.6) is 5.75 Å². The van der Waals surface area contributed by atoms with Crippen molar-refractivity contribution in [3.8, 4) is 16.9 Å². The lowest BCUT2D eigenvalue weighted by Gasteiger charge is -2.16. The lowest BCUT2D eigenvalue weighted by Crippen LogP contribution is -2.08. The van der Waals surface area contributed by atoms with E-state index in [-0.39, 0.29) is 6.10 Å². The third-order valence-electron chi connectivity index (χ3n) is 4.86. The van der Waals surface area contributed by atoms with E-state index in [1.165, 1.54) is 6.21 Å². The van der Waals surface area contributed by atoms with Gasteiger partial charge in [-0.1, -0.05) is 6.07 Å². The zero-order valence-electron chi connectivity index (χ0n) is 19.0. The van der Waals surface area contributed by atoms with E-state index in [9.17, 15) is 0 Å². The Balaban J connectivity index is 1.74. The van der Waals surface area contributed by atoms with Crippen molar-refractivity contribution in [1.82, 2.24) is 30.0 Å². The number of rotatable bonds is 8. The minimum absolute atomic E-state index is 0.00939. The molecule has 0 atom stereocenters. The predicted molar refractivity (Wildman–Crippen MR) is 131 cm³/mol. The Morgan fingerprint density at radius 3 is 2.70 bits per heavy atom. The summed E-state index contributed by atoms with van der Waals surface area (Å²) in [7, 11) is 3.67. The first-order valence-corrected chi connectivity index (χ1v) is 10.5. The Morgan fingerprint density at radius 2 is 2.00 bits per heavy atom. The monoisotopic (exact) mass is 442 g/mol. The molecule has 0 saturated carbocycles. The summed E-state index contributed by atoms with van der Waals surface area (Å²) in [4.78, 5) is 13.6. The predicted octanol–water partition coefficient (Wildman–Crippen LogP) is 4.17. The molecule has 4 rings (SSSR count). The van der Waals surface area contributed by atoms with E-state index in [2.05, 4.69) is 25.7 Å². The van der Waals surface area contributed by atoms with Gasteiger partial charge in [0.1, 0.15) is 11.3 Å². The first-order chi connectivity index (χ1) is 16.0. The molecule has 3 aromatic heterocycles. The second kappa shape index (κ2) is 9.47. The molecule has 0 spiro atoms. The smallest absolute Gasteiger partial charge is 0.227 e. The average molecular weight is 443 g/mol. The maximum atomic E-state index is 7.74. The van der Waals surface area contributed by atoms with Gasteiger partial charge in [-0.3, -0.25) is 9.67 Å². The van der Waals surface area contributed by atoms with Gasteiger partial charge in [0.15, 0.2) is 0 Å². The summed E-state index contributed by atoms with van der Waals surface area (Å²) in [5, 5.41) is 19.1. The van der Waals surface area contributed by atoms with Crippen LogP contribution in [0.25, 0.3) is 27.6 Å². The quantitative estimate of drug-likeness (QED) is 0.351. The minimum atomic E-state index is -0.00939. The molecule has 0 aliphatic carbocycles. The van der Waals surface area contributed by atoms with Crippen molar-refractivity contribution in [3.63, 3.8) is 0 Å². The lowest BCUT2D eigenvalue weighted by atomic mass is 10.1. The second-order valence-electron chi connectivity index (χ2n) is 7.73. The summed E-state index contributed by atoms with van der Waals surface area (Å²) in [6, 6.07) is 7.78. The summed E-state index contributed by atoms with van der Waals surface area (Å²) in [5.74, 6) is 1.10. The summed E-state index contributed by atoms with van der Waals surface area (Å²) < 4.78 is 7.85. The van der Waals surface area contributed by atoms with Crippen LogP contribution in [0, 0.1) is 5.41 Å². The van der Waals surface area contributed by atoms with Crippen LogP contribution in [0.1, 0.15) is 19.5 Å². The van der Waals surface area contributed by atoms with E-state index in [0.717, 1.165) is 22.2 Å². The van der Waals surface area contributed by atoms with Gasteiger partial charge in [-0.05, 0) is 37.6 Å². The number of benzene rings is 1. The van der Waals surface area contributed by atoms with E-state index in [0.29, 0.717) is 28.5 Å². The molecule has 0 saturated heterocycles. The van der Waals surface area contributed by atoms with Crippen molar-refractivity contribution < 1.29 is 4.74 Å². The Hall–Kier alpha value is -4.27. The van der Waals surface area contributed by atoms with Gasteiger partial charge in [0.05, 0.1) is 23.7 Å². The van der Waals surface area contributed by atoms with Gasteiger partial charge in [-0.25, -0.2) is 9.97 Å². The Morgan fingerprint density at radius 1 is 1.15 bits per heavy atom. The normalized spacial score (nSPS) is 11.6. The molecule has 3 N–H and O–H groups in total. The highest BCUT2D eigenvalue weighted by molar-refractivity contribution is 6.11. The molecule has 3 heterocycles. The Labute approximate surface area is 192 Å². The summed E-state index contributed by atoms with van der Waals surface area (Å²) >= 11 is 0. The van der Waals surface area contributed by atoms with Crippen molar-refractivity contribution in [2.75, 3.05) is 12.4 Å². The molecule has 0 unspecified atom stereocenters. The summed E-state index contributed by atoms with van der Waals surface area (Å²) in [6.45, 7) is 3.97. The largest absolute Gasteiger partial charge is 0.489 e. The molecule has 9 heteroatoms. The first-order valence-electron chi connectivity index (χ1n) is 10.5. The Bertz CT molecular complexity index is 1330. The van der Waals surface area contributed by atoms with Gasteiger partial charge < -0.3 is 20.8 Å². The van der Waals surface area contributed by atoms with Gasteiger partial charge >= 0.3 is 0 Å². The van der Waals surface area contributed by atoms with E-state index < -0.39 is 0 Å². The molecule has 0 amide bonds. The number of hydrogen-bond acceptors (Lipinski definition) is 8. The van der Waals surface area contributed by atoms with Gasteiger partial charge in [0.25, 0.3) is 0 Å². The minimum Gasteiger partial charge on any atom is -0.489 e. The highest BCUT2D eigenvalue weighted by Crippen LogP contribution is 2.33. The van der Waals surface area contributed by atoms with Crippen LogP contribution >= 0.6 is 0 Å². The SMILES string of the molecule is CN/C=C(\C=N)c1nccc2cnc(Nc3ccc(-c4cnn(C)c4)cc3OC(C)C)nc12. The molecule has 9 nitrogen and oxygen atoms in total. The fourth-order valence-corrected chi connectivity index (χ4v) is 3.41. The number of pyridine rings is 1. The fraction of sp³-hybridized carbons (Fsp3) is 0.208. The van der Waals surface area contributed by atoms with Gasteiger partial charge in [-0.2, -0.15) is 5.10 Å². The van der Waals surface area contributed by atoms with E-state index in [1.807, 2.05) is 57.6 Å². The molecule has 4 aromatic rings. The van der Waals surface area contributed by atoms with Crippen molar-refractivity contribution in [1.29, 1.82) is 5.41 Å². The molecule has 0 bridgehead atoms. The van der Waals surface area contributed by atoms with Crippen LogP contribution in [0.4, 0.5) is 11.6 Å². The third kappa shape index (κ3) is 4.82. The van der Waals surface area contributed by atoms with E-state index in [1.54, 1.807) is 30.3 Å². The number of allylic oxidation sites excluding steroid dienone is 1. The molecule has 1 aromatic carbocycles. The number of aromatic nitrogens is 5. The maximum absolute atomic E-state index is 7.74. The lowest BCUT2D eigenvalue weighted by molar-refractivity contribution is 0.244. The highest BCUT2D eigenvalue weighted by Gasteiger charge is 2.13. The van der Waals surface area contributed by atoms with Gasteiger partial charge in [-0.15, -0.1) is 0 Å². The molecule has 168 valence electrons.